The molecule has 0 spiro atoms. The summed E-state index contributed by atoms with van der Waals surface area (Å²) < 4.78 is 14.4. The minimum Gasteiger partial charge on any atom is -0.340 e. The number of rotatable bonds is 7. The van der Waals surface area contributed by atoms with Gasteiger partial charge in [-0.05, 0) is 24.5 Å². The molecular weight excluding hydrogens is 375 g/mol. The van der Waals surface area contributed by atoms with E-state index in [-0.39, 0.29) is 25.4 Å². The molecule has 1 aliphatic heterocycles. The van der Waals surface area contributed by atoms with Gasteiger partial charge < -0.3 is 9.88 Å². The number of nitrogens with zero attached hydrogens (tertiary/aromatic N) is 3. The summed E-state index contributed by atoms with van der Waals surface area (Å²) in [7, 11) is 0. The number of fused-ring (bicyclic) bond motifs is 1. The highest BCUT2D eigenvalue weighted by atomic mass is 19.1. The van der Waals surface area contributed by atoms with E-state index in [1.54, 1.807) is 4.90 Å². The van der Waals surface area contributed by atoms with Crippen molar-refractivity contribution in [3.05, 3.63) is 30.1 Å². The second kappa shape index (κ2) is 8.49. The molecule has 2 N–H and O–H groups in total. The number of hydrogen-bond acceptors (Lipinski definition) is 4. The Morgan fingerprint density at radius 3 is 2.86 bits per heavy atom. The minimum atomic E-state index is -1.12. The van der Waals surface area contributed by atoms with Crippen molar-refractivity contribution in [3.8, 4) is 0 Å². The van der Waals surface area contributed by atoms with E-state index in [2.05, 4.69) is 9.97 Å². The zero-order valence-electron chi connectivity index (χ0n) is 16.3. The lowest BCUT2D eigenvalue weighted by Crippen LogP contribution is -2.41. The lowest BCUT2D eigenvalue weighted by Gasteiger charge is -2.30. The quantitative estimate of drug-likeness (QED) is 0.423. The first-order valence-electron chi connectivity index (χ1n) is 10.3. The van der Waals surface area contributed by atoms with Crippen LogP contribution < -0.4 is 0 Å². The van der Waals surface area contributed by atoms with Crippen LogP contribution in [0.1, 0.15) is 50.4 Å². The lowest BCUT2D eigenvalue weighted by atomic mass is 9.91. The Kier molecular flexibility index (Phi) is 5.80. The Hall–Kier alpha value is -2.48. The fourth-order valence-electron chi connectivity index (χ4n) is 4.82. The van der Waals surface area contributed by atoms with Crippen molar-refractivity contribution in [2.24, 2.45) is 11.8 Å². The zero-order chi connectivity index (χ0) is 20.4. The smallest absolute Gasteiger partial charge is 0.233 e. The van der Waals surface area contributed by atoms with Crippen LogP contribution in [0.15, 0.2) is 24.3 Å². The van der Waals surface area contributed by atoms with E-state index in [9.17, 15) is 19.2 Å². The Labute approximate surface area is 168 Å². The Balaban J connectivity index is 1.57. The van der Waals surface area contributed by atoms with Crippen molar-refractivity contribution in [2.75, 3.05) is 13.1 Å². The third-order valence-electron chi connectivity index (χ3n) is 6.23. The van der Waals surface area contributed by atoms with Crippen LogP contribution in [-0.4, -0.2) is 56.7 Å². The number of hydrogen-bond donors (Lipinski definition) is 2. The molecule has 2 amide bonds. The zero-order valence-corrected chi connectivity index (χ0v) is 16.3. The number of likely N-dealkylation sites (tertiary alicyclic amines) is 1. The first kappa shape index (κ1) is 19.8. The van der Waals surface area contributed by atoms with E-state index in [0.717, 1.165) is 36.7 Å². The van der Waals surface area contributed by atoms with Gasteiger partial charge in [-0.3, -0.25) is 14.8 Å². The van der Waals surface area contributed by atoms with Crippen LogP contribution in [0.25, 0.3) is 11.0 Å². The average Bonchev–Trinajstić information content (AvgIpc) is 3.45. The molecule has 1 aliphatic carbocycles. The summed E-state index contributed by atoms with van der Waals surface area (Å²) in [6.45, 7) is -0.0621. The van der Waals surface area contributed by atoms with E-state index >= 15 is 0 Å². The molecule has 1 saturated carbocycles. The van der Waals surface area contributed by atoms with Crippen LogP contribution in [0.4, 0.5) is 4.39 Å². The highest BCUT2D eigenvalue weighted by Crippen LogP contribution is 2.37. The van der Waals surface area contributed by atoms with Gasteiger partial charge in [-0.15, -0.1) is 0 Å². The number of hydroxylamine groups is 2. The van der Waals surface area contributed by atoms with E-state index < -0.39 is 18.1 Å². The molecule has 2 aromatic rings. The Morgan fingerprint density at radius 2 is 2.14 bits per heavy atom. The molecule has 2 heterocycles. The van der Waals surface area contributed by atoms with Gasteiger partial charge in [0.25, 0.3) is 0 Å². The molecule has 0 unspecified atom stereocenters. The number of H-pyrrole nitrogens is 1. The van der Waals surface area contributed by atoms with Crippen molar-refractivity contribution in [1.29, 1.82) is 0 Å². The number of amides is 2. The van der Waals surface area contributed by atoms with Crippen LogP contribution in [0.2, 0.25) is 0 Å². The first-order valence-corrected chi connectivity index (χ1v) is 10.3. The largest absolute Gasteiger partial charge is 0.340 e. The Bertz CT molecular complexity index is 833. The number of aromatic amines is 1. The monoisotopic (exact) mass is 402 g/mol. The number of alkyl halides is 1. The molecule has 2 fully saturated rings. The molecule has 0 bridgehead atoms. The van der Waals surface area contributed by atoms with Gasteiger partial charge in [-0.2, -0.15) is 0 Å². The molecule has 1 saturated heterocycles. The highest BCUT2D eigenvalue weighted by molar-refractivity contribution is 5.80. The van der Waals surface area contributed by atoms with Gasteiger partial charge in [-0.1, -0.05) is 37.8 Å². The minimum absolute atomic E-state index is 0.00816. The number of benzene rings is 1. The van der Waals surface area contributed by atoms with Crippen LogP contribution in [0.5, 0.6) is 0 Å². The van der Waals surface area contributed by atoms with Gasteiger partial charge in [-0.25, -0.2) is 14.4 Å². The molecule has 1 aromatic heterocycles. The van der Waals surface area contributed by atoms with Crippen molar-refractivity contribution in [3.63, 3.8) is 0 Å². The maximum atomic E-state index is 14.4. The molecule has 0 radical (unpaired) electrons. The SMILES string of the molecule is O=CN(O)C[C@H](CC1CCCC1)C(=O)N1C[C@H](F)C[C@H]1c1nc2ccccc2[nH]1. The number of imidazole rings is 1. The molecule has 29 heavy (non-hydrogen) atoms. The van der Waals surface area contributed by atoms with Crippen LogP contribution >= 0.6 is 0 Å². The number of aromatic nitrogens is 2. The van der Waals surface area contributed by atoms with Gasteiger partial charge in [0.05, 0.1) is 36.1 Å². The van der Waals surface area contributed by atoms with Crippen molar-refractivity contribution < 1.29 is 19.2 Å². The molecule has 7 nitrogen and oxygen atoms in total. The number of para-hydroxylation sites is 2. The summed E-state index contributed by atoms with van der Waals surface area (Å²) in [5.41, 5.74) is 1.63. The third-order valence-corrected chi connectivity index (χ3v) is 6.23. The number of halogens is 1. The fraction of sp³-hybridized carbons (Fsp3) is 0.571. The van der Waals surface area contributed by atoms with E-state index in [1.165, 1.54) is 0 Å². The van der Waals surface area contributed by atoms with Gasteiger partial charge in [0.15, 0.2) is 0 Å². The van der Waals surface area contributed by atoms with Crippen molar-refractivity contribution >= 4 is 23.4 Å². The van der Waals surface area contributed by atoms with E-state index in [1.807, 2.05) is 24.3 Å². The first-order chi connectivity index (χ1) is 14.0. The normalized spacial score (nSPS) is 23.6. The highest BCUT2D eigenvalue weighted by Gasteiger charge is 2.41. The number of carbonyl (C=O) groups excluding carboxylic acids is 2. The molecule has 2 aliphatic rings. The molecule has 8 heteroatoms. The van der Waals surface area contributed by atoms with Crippen LogP contribution in [-0.2, 0) is 9.59 Å². The van der Waals surface area contributed by atoms with E-state index in [4.69, 9.17) is 0 Å². The van der Waals surface area contributed by atoms with Gasteiger partial charge in [0, 0.05) is 6.42 Å². The fourth-order valence-corrected chi connectivity index (χ4v) is 4.82. The summed E-state index contributed by atoms with van der Waals surface area (Å²) >= 11 is 0. The molecule has 3 atom stereocenters. The second-order valence-electron chi connectivity index (χ2n) is 8.29. The molecule has 4 rings (SSSR count). The molecule has 1 aromatic carbocycles. The summed E-state index contributed by atoms with van der Waals surface area (Å²) in [6, 6.07) is 7.08. The van der Waals surface area contributed by atoms with Gasteiger partial charge in [0.1, 0.15) is 12.0 Å². The molecule has 156 valence electrons. The summed E-state index contributed by atoms with van der Waals surface area (Å²) in [5.74, 6) is 0.210. The van der Waals surface area contributed by atoms with Gasteiger partial charge >= 0.3 is 0 Å². The molecular formula is C21H27FN4O3. The maximum Gasteiger partial charge on any atom is 0.233 e. The topological polar surface area (TPSA) is 89.5 Å². The van der Waals surface area contributed by atoms with E-state index in [0.29, 0.717) is 29.6 Å². The van der Waals surface area contributed by atoms with Crippen molar-refractivity contribution in [2.45, 2.75) is 50.7 Å². The predicted octanol–water partition coefficient (Wildman–Crippen LogP) is 3.22. The summed E-state index contributed by atoms with van der Waals surface area (Å²) in [6.07, 6.45) is 4.36. The summed E-state index contributed by atoms with van der Waals surface area (Å²) in [5, 5.41) is 10.3. The Morgan fingerprint density at radius 1 is 1.38 bits per heavy atom. The summed E-state index contributed by atoms with van der Waals surface area (Å²) in [4.78, 5) is 33.7. The standard InChI is InChI=1S/C21H27FN4O3/c22-16-10-19(20-23-17-7-3-4-8-18(17)24-20)26(12-16)21(28)15(11-25(29)13-27)9-14-5-1-2-6-14/h3-4,7-8,13-16,19,29H,1-2,5-6,9-12H2,(H,23,24)/t15-,16+,19-/m0/s1. The third kappa shape index (κ3) is 4.27. The predicted molar refractivity (Wildman–Crippen MR) is 105 cm³/mol. The maximum absolute atomic E-state index is 14.4. The second-order valence-corrected chi connectivity index (χ2v) is 8.29. The lowest BCUT2D eigenvalue weighted by molar-refractivity contribution is -0.157. The number of nitrogens with one attached hydrogen (secondary N) is 1. The van der Waals surface area contributed by atoms with Gasteiger partial charge in [0.2, 0.25) is 12.3 Å². The van der Waals surface area contributed by atoms with Crippen molar-refractivity contribution in [1.82, 2.24) is 19.9 Å². The number of carbonyl (C=O) groups is 2. The average molecular weight is 402 g/mol. The van der Waals surface area contributed by atoms with Crippen LogP contribution in [0, 0.1) is 11.8 Å². The van der Waals surface area contributed by atoms with Crippen LogP contribution in [0.3, 0.4) is 0 Å².